The molecule has 1 aromatic carbocycles. The summed E-state index contributed by atoms with van der Waals surface area (Å²) in [5, 5.41) is 4.94. The minimum absolute atomic E-state index is 0.0375. The van der Waals surface area contributed by atoms with Gasteiger partial charge in [-0.25, -0.2) is 18.2 Å². The predicted molar refractivity (Wildman–Crippen MR) is 101 cm³/mol. The Morgan fingerprint density at radius 1 is 1.18 bits per heavy atom. The third-order valence-electron chi connectivity index (χ3n) is 3.98. The highest BCUT2D eigenvalue weighted by molar-refractivity contribution is 7.89. The van der Waals surface area contributed by atoms with E-state index in [2.05, 4.69) is 15.6 Å². The second-order valence-electron chi connectivity index (χ2n) is 5.86. The second-order valence-corrected chi connectivity index (χ2v) is 8.23. The van der Waals surface area contributed by atoms with Crippen LogP contribution in [0, 0.1) is 0 Å². The molecular formula is C17H17ClN4O5S. The summed E-state index contributed by atoms with van der Waals surface area (Å²) in [4.78, 5) is 27.0. The lowest BCUT2D eigenvalue weighted by Crippen LogP contribution is -2.44. The van der Waals surface area contributed by atoms with Crippen molar-refractivity contribution in [3.05, 3.63) is 47.6 Å². The predicted octanol–water partition coefficient (Wildman–Crippen LogP) is 1.75. The molecule has 2 N–H and O–H groups in total. The molecule has 9 nitrogen and oxygen atoms in total. The number of benzene rings is 1. The number of carbonyl (C=O) groups excluding carboxylic acids is 2. The molecule has 0 saturated carbocycles. The Bertz CT molecular complexity index is 980. The van der Waals surface area contributed by atoms with E-state index in [-0.39, 0.29) is 18.0 Å². The van der Waals surface area contributed by atoms with Crippen molar-refractivity contribution in [2.24, 2.45) is 0 Å². The Kier molecular flexibility index (Phi) is 5.82. The monoisotopic (exact) mass is 424 g/mol. The number of carbonyl (C=O) groups is 2. The van der Waals surface area contributed by atoms with Gasteiger partial charge in [0.15, 0.2) is 0 Å². The maximum Gasteiger partial charge on any atom is 0.322 e. The molecule has 0 unspecified atom stereocenters. The van der Waals surface area contributed by atoms with Crippen LogP contribution in [0.15, 0.2) is 47.5 Å². The van der Waals surface area contributed by atoms with Crippen LogP contribution < -0.4 is 15.4 Å². The van der Waals surface area contributed by atoms with Crippen LogP contribution in [-0.4, -0.2) is 48.8 Å². The molecule has 1 aromatic heterocycles. The van der Waals surface area contributed by atoms with Crippen molar-refractivity contribution in [2.45, 2.75) is 17.9 Å². The lowest BCUT2D eigenvalue weighted by molar-refractivity contribution is -0.120. The third-order valence-corrected chi connectivity index (χ3v) is 6.16. The fourth-order valence-corrected chi connectivity index (χ4v) is 4.14. The Morgan fingerprint density at radius 2 is 1.89 bits per heavy atom. The number of pyridine rings is 1. The van der Waals surface area contributed by atoms with E-state index in [1.165, 1.54) is 30.5 Å². The summed E-state index contributed by atoms with van der Waals surface area (Å²) < 4.78 is 32.4. The van der Waals surface area contributed by atoms with Gasteiger partial charge < -0.3 is 10.1 Å². The average Bonchev–Trinajstić information content (AvgIpc) is 2.99. The van der Waals surface area contributed by atoms with E-state index in [4.69, 9.17) is 16.3 Å². The molecule has 1 aliphatic heterocycles. The van der Waals surface area contributed by atoms with E-state index in [1.807, 2.05) is 0 Å². The molecule has 0 radical (unpaired) electrons. The van der Waals surface area contributed by atoms with Gasteiger partial charge in [-0.05, 0) is 30.3 Å². The number of rotatable bonds is 7. The van der Waals surface area contributed by atoms with Crippen LogP contribution in [-0.2, 0) is 14.8 Å². The first kappa shape index (κ1) is 20.1. The van der Waals surface area contributed by atoms with Gasteiger partial charge in [0.05, 0.1) is 9.92 Å². The molecule has 1 atom stereocenters. The fraction of sp³-hybridized carbons (Fsp3) is 0.235. The van der Waals surface area contributed by atoms with Gasteiger partial charge >= 0.3 is 6.03 Å². The maximum absolute atomic E-state index is 12.9. The molecule has 11 heteroatoms. The Morgan fingerprint density at radius 3 is 2.43 bits per heavy atom. The number of nitrogens with one attached hydrogen (secondary N) is 2. The highest BCUT2D eigenvalue weighted by atomic mass is 35.5. The SMILES string of the molecule is CCN(C[C@@H]1NC(=O)NC1=O)S(=O)(=O)c1ccc(Oc2ccc(Cl)cn2)cc1. The third kappa shape index (κ3) is 4.41. The van der Waals surface area contributed by atoms with Crippen LogP contribution in [0.3, 0.4) is 0 Å². The maximum atomic E-state index is 12.9. The number of urea groups is 1. The number of sulfonamides is 1. The van der Waals surface area contributed by atoms with Crippen LogP contribution in [0.1, 0.15) is 6.92 Å². The van der Waals surface area contributed by atoms with E-state index in [0.29, 0.717) is 16.7 Å². The van der Waals surface area contributed by atoms with E-state index < -0.39 is 28.0 Å². The molecule has 148 valence electrons. The number of ether oxygens (including phenoxy) is 1. The quantitative estimate of drug-likeness (QED) is 0.654. The Labute approximate surface area is 166 Å². The van der Waals surface area contributed by atoms with Crippen LogP contribution >= 0.6 is 11.6 Å². The number of hydrogen-bond donors (Lipinski definition) is 2. The number of amides is 3. The van der Waals surface area contributed by atoms with E-state index in [0.717, 1.165) is 4.31 Å². The topological polar surface area (TPSA) is 118 Å². The number of likely N-dealkylation sites (N-methyl/N-ethyl adjacent to an activating group) is 1. The number of aromatic nitrogens is 1. The summed E-state index contributed by atoms with van der Waals surface area (Å²) in [6.45, 7) is 1.62. The van der Waals surface area contributed by atoms with Gasteiger partial charge in [0.25, 0.3) is 5.91 Å². The molecule has 28 heavy (non-hydrogen) atoms. The Hall–Kier alpha value is -2.69. The van der Waals surface area contributed by atoms with Crippen molar-refractivity contribution in [3.8, 4) is 11.6 Å². The fourth-order valence-electron chi connectivity index (χ4n) is 2.56. The molecule has 2 aromatic rings. The van der Waals surface area contributed by atoms with Crippen molar-refractivity contribution in [1.82, 2.24) is 19.9 Å². The lowest BCUT2D eigenvalue weighted by Gasteiger charge is -2.22. The summed E-state index contributed by atoms with van der Waals surface area (Å²) >= 11 is 5.77. The van der Waals surface area contributed by atoms with Gasteiger partial charge in [0.1, 0.15) is 11.8 Å². The summed E-state index contributed by atoms with van der Waals surface area (Å²) in [7, 11) is -3.86. The molecule has 1 fully saturated rings. The van der Waals surface area contributed by atoms with Crippen LogP contribution in [0.5, 0.6) is 11.6 Å². The van der Waals surface area contributed by atoms with Crippen molar-refractivity contribution in [2.75, 3.05) is 13.1 Å². The number of hydrogen-bond acceptors (Lipinski definition) is 6. The number of nitrogens with zero attached hydrogens (tertiary/aromatic N) is 2. The van der Waals surface area contributed by atoms with E-state index >= 15 is 0 Å². The second kappa shape index (κ2) is 8.13. The molecule has 0 aliphatic carbocycles. The molecule has 2 heterocycles. The van der Waals surface area contributed by atoms with Crippen LogP contribution in [0.4, 0.5) is 4.79 Å². The number of halogens is 1. The largest absolute Gasteiger partial charge is 0.439 e. The Balaban J connectivity index is 1.74. The molecule has 3 amide bonds. The molecule has 0 spiro atoms. The summed E-state index contributed by atoms with van der Waals surface area (Å²) in [5.41, 5.74) is 0. The summed E-state index contributed by atoms with van der Waals surface area (Å²) in [6.07, 6.45) is 1.44. The van der Waals surface area contributed by atoms with Gasteiger partial charge in [0.2, 0.25) is 15.9 Å². The minimum Gasteiger partial charge on any atom is -0.439 e. The smallest absolute Gasteiger partial charge is 0.322 e. The van der Waals surface area contributed by atoms with Gasteiger partial charge in [0, 0.05) is 25.4 Å². The van der Waals surface area contributed by atoms with Gasteiger partial charge in [-0.15, -0.1) is 0 Å². The van der Waals surface area contributed by atoms with E-state index in [9.17, 15) is 18.0 Å². The first-order valence-corrected chi connectivity index (χ1v) is 10.1. The molecule has 1 saturated heterocycles. The zero-order chi connectivity index (χ0) is 20.3. The standard InChI is InChI=1S/C17H17ClN4O5S/c1-2-22(10-14-16(23)21-17(24)20-14)28(25,26)13-6-4-12(5-7-13)27-15-8-3-11(18)9-19-15/h3-9,14H,2,10H2,1H3,(H2,20,21,23,24)/t14-/m0/s1. The number of imide groups is 1. The first-order chi connectivity index (χ1) is 13.3. The highest BCUT2D eigenvalue weighted by Gasteiger charge is 2.34. The van der Waals surface area contributed by atoms with Gasteiger partial charge in [-0.2, -0.15) is 4.31 Å². The molecule has 0 bridgehead atoms. The van der Waals surface area contributed by atoms with Crippen LogP contribution in [0.25, 0.3) is 0 Å². The zero-order valence-electron chi connectivity index (χ0n) is 14.8. The van der Waals surface area contributed by atoms with E-state index in [1.54, 1.807) is 19.1 Å². The van der Waals surface area contributed by atoms with Crippen molar-refractivity contribution in [3.63, 3.8) is 0 Å². The van der Waals surface area contributed by atoms with Crippen molar-refractivity contribution < 1.29 is 22.7 Å². The molecular weight excluding hydrogens is 408 g/mol. The van der Waals surface area contributed by atoms with Crippen molar-refractivity contribution in [1.29, 1.82) is 0 Å². The van der Waals surface area contributed by atoms with Crippen LogP contribution in [0.2, 0.25) is 5.02 Å². The first-order valence-electron chi connectivity index (χ1n) is 8.30. The van der Waals surface area contributed by atoms with Gasteiger partial charge in [-0.3, -0.25) is 10.1 Å². The minimum atomic E-state index is -3.86. The molecule has 1 aliphatic rings. The van der Waals surface area contributed by atoms with Crippen molar-refractivity contribution >= 4 is 33.6 Å². The van der Waals surface area contributed by atoms with Gasteiger partial charge in [-0.1, -0.05) is 18.5 Å². The lowest BCUT2D eigenvalue weighted by atomic mass is 10.3. The summed E-state index contributed by atoms with van der Waals surface area (Å²) in [5.74, 6) is 0.162. The average molecular weight is 425 g/mol. The molecule has 3 rings (SSSR count). The summed E-state index contributed by atoms with van der Waals surface area (Å²) in [6, 6.07) is 7.45. The highest BCUT2D eigenvalue weighted by Crippen LogP contribution is 2.24. The normalized spacial score (nSPS) is 16.8. The zero-order valence-corrected chi connectivity index (χ0v) is 16.3.